The predicted molar refractivity (Wildman–Crippen MR) is 139 cm³/mol. The van der Waals surface area contributed by atoms with Crippen LogP contribution in [0.3, 0.4) is 0 Å². The van der Waals surface area contributed by atoms with Crippen molar-refractivity contribution < 1.29 is 41.1 Å². The molecular weight excluding hydrogens is 540 g/mol. The fourth-order valence-electron chi connectivity index (χ4n) is 5.06. The van der Waals surface area contributed by atoms with Gasteiger partial charge in [0.25, 0.3) is 0 Å². The molecule has 1 fully saturated rings. The molecule has 0 spiro atoms. The van der Waals surface area contributed by atoms with E-state index >= 15 is 0 Å². The molecule has 0 saturated carbocycles. The first kappa shape index (κ1) is 29.7. The summed E-state index contributed by atoms with van der Waals surface area (Å²) < 4.78 is 82.6. The first-order valence-electron chi connectivity index (χ1n) is 12.6. The molecule has 1 saturated heterocycles. The molecule has 1 unspecified atom stereocenters. The average molecular weight is 575 g/mol. The Kier molecular flexibility index (Phi) is 8.92. The second-order valence-electron chi connectivity index (χ2n) is 10.6. The molecule has 2 aromatic rings. The van der Waals surface area contributed by atoms with Crippen LogP contribution >= 0.6 is 0 Å². The Balaban J connectivity index is 1.46. The summed E-state index contributed by atoms with van der Waals surface area (Å²) in [5, 5.41) is 14.4. The summed E-state index contributed by atoms with van der Waals surface area (Å²) in [5.74, 6) is -1.52. The standard InChI is InChI=1S/C27H34F4N2O5S/c1-26(2)19-7-15(4-5-17(19)11-37-26)10-33-21-14-39(35)13-18(25(21)34)6-16-8-20(28)24(32)22(9-16)38-23(12-36-3)27(29,30)31/h4-5,7-9,18,21,23,25,33-34H,6,10-14,32H2,1-3H3/t18-,21+,23-,25+,39?/m1/s1. The second-order valence-corrected chi connectivity index (χ2v) is 12.1. The number of fused-ring (bicyclic) bond motifs is 1. The number of benzene rings is 2. The molecule has 2 heterocycles. The number of nitrogen functional groups attached to an aromatic ring is 1. The molecule has 5 atom stereocenters. The Bertz CT molecular complexity index is 1210. The Morgan fingerprint density at radius 2 is 1.97 bits per heavy atom. The fraction of sp³-hybridized carbons (Fsp3) is 0.556. The number of aliphatic hydroxyl groups excluding tert-OH is 1. The lowest BCUT2D eigenvalue weighted by atomic mass is 9.90. The van der Waals surface area contributed by atoms with Crippen molar-refractivity contribution in [3.05, 3.63) is 58.4 Å². The van der Waals surface area contributed by atoms with Gasteiger partial charge in [0.1, 0.15) is 17.3 Å². The van der Waals surface area contributed by atoms with Crippen LogP contribution < -0.4 is 15.8 Å². The van der Waals surface area contributed by atoms with E-state index in [0.717, 1.165) is 29.9 Å². The second kappa shape index (κ2) is 11.7. The molecule has 12 heteroatoms. The van der Waals surface area contributed by atoms with Gasteiger partial charge in [-0.25, -0.2) is 4.39 Å². The third-order valence-electron chi connectivity index (χ3n) is 7.24. The smallest absolute Gasteiger partial charge is 0.427 e. The van der Waals surface area contributed by atoms with E-state index in [1.807, 2.05) is 26.0 Å². The molecule has 2 aliphatic heterocycles. The van der Waals surface area contributed by atoms with Crippen molar-refractivity contribution in [1.82, 2.24) is 5.32 Å². The first-order chi connectivity index (χ1) is 18.3. The number of alkyl halides is 3. The van der Waals surface area contributed by atoms with Crippen molar-refractivity contribution in [2.45, 2.75) is 63.4 Å². The number of hydrogen-bond acceptors (Lipinski definition) is 7. The number of nitrogens with one attached hydrogen (secondary N) is 1. The Morgan fingerprint density at radius 1 is 1.23 bits per heavy atom. The minimum Gasteiger partial charge on any atom is -0.476 e. The van der Waals surface area contributed by atoms with Crippen molar-refractivity contribution in [2.24, 2.45) is 5.92 Å². The van der Waals surface area contributed by atoms with Crippen molar-refractivity contribution in [2.75, 3.05) is 31.0 Å². The molecular formula is C27H34F4N2O5S. The van der Waals surface area contributed by atoms with Gasteiger partial charge in [0.05, 0.1) is 24.9 Å². The number of rotatable bonds is 9. The number of methoxy groups -OCH3 is 1. The van der Waals surface area contributed by atoms with Crippen LogP contribution in [0.5, 0.6) is 5.75 Å². The topological polar surface area (TPSA) is 103 Å². The minimum absolute atomic E-state index is 0.0734. The van der Waals surface area contributed by atoms with Gasteiger partial charge in [-0.3, -0.25) is 4.21 Å². The van der Waals surface area contributed by atoms with Gasteiger partial charge in [-0.05, 0) is 54.7 Å². The highest BCUT2D eigenvalue weighted by molar-refractivity contribution is 7.85. The predicted octanol–water partition coefficient (Wildman–Crippen LogP) is 3.57. The summed E-state index contributed by atoms with van der Waals surface area (Å²) in [7, 11) is -0.167. The number of nitrogens with two attached hydrogens (primary N) is 1. The Morgan fingerprint density at radius 3 is 2.67 bits per heavy atom. The van der Waals surface area contributed by atoms with E-state index in [-0.39, 0.29) is 29.1 Å². The van der Waals surface area contributed by atoms with Gasteiger partial charge in [0.2, 0.25) is 6.10 Å². The lowest BCUT2D eigenvalue weighted by Gasteiger charge is -2.35. The summed E-state index contributed by atoms with van der Waals surface area (Å²) in [6, 6.07) is 7.90. The lowest BCUT2D eigenvalue weighted by molar-refractivity contribution is -0.206. The summed E-state index contributed by atoms with van der Waals surface area (Å²) in [5.41, 5.74) is 8.23. The van der Waals surface area contributed by atoms with Crippen LogP contribution in [0.2, 0.25) is 0 Å². The van der Waals surface area contributed by atoms with Gasteiger partial charge >= 0.3 is 6.18 Å². The van der Waals surface area contributed by atoms with Gasteiger partial charge < -0.3 is 30.4 Å². The largest absolute Gasteiger partial charge is 0.476 e. The molecule has 4 rings (SSSR count). The van der Waals surface area contributed by atoms with Gasteiger partial charge in [-0.15, -0.1) is 0 Å². The van der Waals surface area contributed by atoms with E-state index in [2.05, 4.69) is 16.1 Å². The third kappa shape index (κ3) is 6.91. The van der Waals surface area contributed by atoms with Gasteiger partial charge in [-0.2, -0.15) is 13.2 Å². The molecule has 0 radical (unpaired) electrons. The first-order valence-corrected chi connectivity index (χ1v) is 14.1. The highest BCUT2D eigenvalue weighted by Crippen LogP contribution is 2.36. The highest BCUT2D eigenvalue weighted by atomic mass is 32.2. The van der Waals surface area contributed by atoms with Gasteiger partial charge in [0, 0.05) is 47.9 Å². The quantitative estimate of drug-likeness (QED) is 0.311. The molecule has 0 aliphatic carbocycles. The number of ether oxygens (including phenoxy) is 3. The van der Waals surface area contributed by atoms with Crippen LogP contribution in [-0.2, 0) is 45.4 Å². The molecule has 0 amide bonds. The SMILES string of the molecule is COC[C@@H](Oc1cc(C[C@@H]2CS(=O)C[C@H](NCc3ccc4c(c3)C(C)(C)OC4)[C@H]2O)cc(F)c1N)C(F)(F)F. The normalized spacial score (nSPS) is 25.3. The average Bonchev–Trinajstić information content (AvgIpc) is 3.16. The van der Waals surface area contributed by atoms with Crippen LogP contribution in [0.1, 0.15) is 36.1 Å². The van der Waals surface area contributed by atoms with Crippen molar-refractivity contribution >= 4 is 16.5 Å². The monoisotopic (exact) mass is 574 g/mol. The molecule has 39 heavy (non-hydrogen) atoms. The minimum atomic E-state index is -4.76. The van der Waals surface area contributed by atoms with E-state index in [1.165, 1.54) is 6.07 Å². The van der Waals surface area contributed by atoms with Crippen molar-refractivity contribution in [3.8, 4) is 5.75 Å². The zero-order chi connectivity index (χ0) is 28.5. The lowest BCUT2D eigenvalue weighted by Crippen LogP contribution is -2.53. The Hall–Kier alpha value is -2.25. The number of hydrogen-bond donors (Lipinski definition) is 3. The van der Waals surface area contributed by atoms with Crippen molar-refractivity contribution in [3.63, 3.8) is 0 Å². The molecule has 7 nitrogen and oxygen atoms in total. The fourth-order valence-corrected chi connectivity index (χ4v) is 6.71. The van der Waals surface area contributed by atoms with Crippen LogP contribution in [0.15, 0.2) is 30.3 Å². The molecule has 0 bridgehead atoms. The molecule has 2 aliphatic rings. The van der Waals surface area contributed by atoms with Crippen LogP contribution in [0.4, 0.5) is 23.2 Å². The summed E-state index contributed by atoms with van der Waals surface area (Å²) in [6.07, 6.45) is -7.94. The van der Waals surface area contributed by atoms with E-state index in [0.29, 0.717) is 13.2 Å². The maximum absolute atomic E-state index is 14.6. The zero-order valence-electron chi connectivity index (χ0n) is 22.0. The van der Waals surface area contributed by atoms with E-state index < -0.39 is 65.0 Å². The molecule has 2 aromatic carbocycles. The number of aliphatic hydroxyl groups is 1. The van der Waals surface area contributed by atoms with Crippen LogP contribution in [0, 0.1) is 11.7 Å². The van der Waals surface area contributed by atoms with Gasteiger partial charge in [0.15, 0.2) is 0 Å². The maximum atomic E-state index is 14.6. The van der Waals surface area contributed by atoms with Crippen LogP contribution in [-0.4, -0.2) is 59.0 Å². The molecule has 216 valence electrons. The van der Waals surface area contributed by atoms with Gasteiger partial charge in [-0.1, -0.05) is 18.2 Å². The highest BCUT2D eigenvalue weighted by Gasteiger charge is 2.42. The summed E-state index contributed by atoms with van der Waals surface area (Å²) >= 11 is 0. The molecule has 4 N–H and O–H groups in total. The maximum Gasteiger partial charge on any atom is 0.427 e. The summed E-state index contributed by atoms with van der Waals surface area (Å²) in [6.45, 7) is 4.21. The van der Waals surface area contributed by atoms with Crippen molar-refractivity contribution in [1.29, 1.82) is 0 Å². The number of anilines is 1. The zero-order valence-corrected chi connectivity index (χ0v) is 22.8. The van der Waals surface area contributed by atoms with Crippen LogP contribution in [0.25, 0.3) is 0 Å². The summed E-state index contributed by atoms with van der Waals surface area (Å²) in [4.78, 5) is 0. The number of halogens is 4. The van der Waals surface area contributed by atoms with E-state index in [4.69, 9.17) is 15.2 Å². The van der Waals surface area contributed by atoms with E-state index in [1.54, 1.807) is 0 Å². The molecule has 0 aromatic heterocycles. The van der Waals surface area contributed by atoms with E-state index in [9.17, 15) is 26.9 Å². The third-order valence-corrected chi connectivity index (χ3v) is 8.77. The Labute approximate surface area is 227 Å².